The molecule has 1 saturated heterocycles. The minimum atomic E-state index is 0.711. The van der Waals surface area contributed by atoms with Crippen LogP contribution in [0.2, 0.25) is 0 Å². The molecular formula is C3H7N3S. The summed E-state index contributed by atoms with van der Waals surface area (Å²) in [6.07, 6.45) is 0. The van der Waals surface area contributed by atoms with Crippen LogP contribution in [0.3, 0.4) is 0 Å². The van der Waals surface area contributed by atoms with Crippen LogP contribution < -0.4 is 10.7 Å². The summed E-state index contributed by atoms with van der Waals surface area (Å²) in [6, 6.07) is 0. The van der Waals surface area contributed by atoms with Gasteiger partial charge in [0, 0.05) is 7.05 Å². The van der Waals surface area contributed by atoms with E-state index in [0.29, 0.717) is 5.11 Å². The fourth-order valence-corrected chi connectivity index (χ4v) is 0.663. The van der Waals surface area contributed by atoms with Crippen molar-refractivity contribution in [3.63, 3.8) is 0 Å². The Morgan fingerprint density at radius 2 is 2.57 bits per heavy atom. The molecule has 0 amide bonds. The van der Waals surface area contributed by atoms with Gasteiger partial charge in [0.1, 0.15) is 0 Å². The molecule has 1 heterocycles. The summed E-state index contributed by atoms with van der Waals surface area (Å²) in [5, 5.41) is 5.50. The number of hydrogen-bond acceptors (Lipinski definition) is 2. The monoisotopic (exact) mass is 117 g/mol. The average molecular weight is 117 g/mol. The Morgan fingerprint density at radius 1 is 1.86 bits per heavy atom. The topological polar surface area (TPSA) is 27.3 Å². The number of nitrogens with one attached hydrogen (secondary N) is 2. The van der Waals surface area contributed by atoms with E-state index in [1.165, 1.54) is 0 Å². The fourth-order valence-electron chi connectivity index (χ4n) is 0.443. The predicted octanol–water partition coefficient (Wildman–Crippen LogP) is -0.732. The van der Waals surface area contributed by atoms with E-state index in [4.69, 9.17) is 12.2 Å². The van der Waals surface area contributed by atoms with E-state index in [1.54, 1.807) is 0 Å². The molecule has 1 aliphatic heterocycles. The summed E-state index contributed by atoms with van der Waals surface area (Å²) >= 11 is 4.73. The quantitative estimate of drug-likeness (QED) is 0.409. The second-order valence-electron chi connectivity index (χ2n) is 1.47. The maximum atomic E-state index is 4.73. The molecule has 0 aromatic heterocycles. The van der Waals surface area contributed by atoms with Gasteiger partial charge in [-0.05, 0) is 12.2 Å². The third-order valence-corrected chi connectivity index (χ3v) is 1.00. The van der Waals surface area contributed by atoms with Crippen molar-refractivity contribution >= 4 is 17.3 Å². The lowest BCUT2D eigenvalue weighted by atomic mass is 11.0. The van der Waals surface area contributed by atoms with Crippen molar-refractivity contribution in [3.8, 4) is 0 Å². The van der Waals surface area contributed by atoms with E-state index in [0.717, 1.165) is 6.67 Å². The highest BCUT2D eigenvalue weighted by molar-refractivity contribution is 7.80. The standard InChI is InChI=1S/C3H7N3S/c1-6-2-4-3(7)5-6/h2H2,1H3,(H2,4,5,7). The zero-order valence-corrected chi connectivity index (χ0v) is 4.88. The lowest BCUT2D eigenvalue weighted by Crippen LogP contribution is -2.28. The van der Waals surface area contributed by atoms with Crippen LogP contribution in [0.1, 0.15) is 0 Å². The Hall–Kier alpha value is -0.350. The van der Waals surface area contributed by atoms with Gasteiger partial charge in [-0.15, -0.1) is 0 Å². The average Bonchev–Trinajstić information content (AvgIpc) is 1.87. The van der Waals surface area contributed by atoms with Crippen molar-refractivity contribution in [2.45, 2.75) is 0 Å². The molecule has 1 rings (SSSR count). The highest BCUT2D eigenvalue weighted by Gasteiger charge is 2.06. The van der Waals surface area contributed by atoms with Crippen molar-refractivity contribution in [3.05, 3.63) is 0 Å². The number of hydrogen-bond donors (Lipinski definition) is 2. The molecule has 0 aromatic carbocycles. The summed E-state index contributed by atoms with van der Waals surface area (Å²) in [5.74, 6) is 0. The largest absolute Gasteiger partial charge is 0.347 e. The van der Waals surface area contributed by atoms with E-state index < -0.39 is 0 Å². The molecule has 40 valence electrons. The number of thiocarbonyl (C=S) groups is 1. The fraction of sp³-hybridized carbons (Fsp3) is 0.667. The van der Waals surface area contributed by atoms with Gasteiger partial charge >= 0.3 is 0 Å². The van der Waals surface area contributed by atoms with Crippen LogP contribution >= 0.6 is 12.2 Å². The van der Waals surface area contributed by atoms with Gasteiger partial charge < -0.3 is 5.32 Å². The van der Waals surface area contributed by atoms with Crippen molar-refractivity contribution < 1.29 is 0 Å². The molecule has 1 aliphatic rings. The molecule has 0 atom stereocenters. The second-order valence-corrected chi connectivity index (χ2v) is 1.88. The minimum Gasteiger partial charge on any atom is -0.347 e. The van der Waals surface area contributed by atoms with Crippen molar-refractivity contribution in [1.29, 1.82) is 0 Å². The van der Waals surface area contributed by atoms with Gasteiger partial charge in [-0.3, -0.25) is 5.43 Å². The first-order chi connectivity index (χ1) is 3.29. The molecule has 0 radical (unpaired) electrons. The van der Waals surface area contributed by atoms with E-state index in [2.05, 4.69) is 10.7 Å². The predicted molar refractivity (Wildman–Crippen MR) is 31.5 cm³/mol. The second kappa shape index (κ2) is 1.63. The normalized spacial score (nSPS) is 21.6. The summed E-state index contributed by atoms with van der Waals surface area (Å²) in [4.78, 5) is 0. The summed E-state index contributed by atoms with van der Waals surface area (Å²) in [5.41, 5.74) is 2.87. The number of hydrazine groups is 1. The van der Waals surface area contributed by atoms with E-state index in [1.807, 2.05) is 12.1 Å². The van der Waals surface area contributed by atoms with Crippen molar-refractivity contribution in [2.75, 3.05) is 13.7 Å². The highest BCUT2D eigenvalue weighted by Crippen LogP contribution is 1.79. The molecule has 4 heteroatoms. The molecule has 0 bridgehead atoms. The summed E-state index contributed by atoms with van der Waals surface area (Å²) in [7, 11) is 1.92. The lowest BCUT2D eigenvalue weighted by molar-refractivity contribution is 0.332. The summed E-state index contributed by atoms with van der Waals surface area (Å²) < 4.78 is 0. The molecule has 0 unspecified atom stereocenters. The maximum Gasteiger partial charge on any atom is 0.182 e. The van der Waals surface area contributed by atoms with E-state index in [-0.39, 0.29) is 0 Å². The molecule has 1 fully saturated rings. The molecule has 2 N–H and O–H groups in total. The van der Waals surface area contributed by atoms with Crippen LogP contribution in [0, 0.1) is 0 Å². The van der Waals surface area contributed by atoms with E-state index >= 15 is 0 Å². The first-order valence-corrected chi connectivity index (χ1v) is 2.45. The van der Waals surface area contributed by atoms with Gasteiger partial charge in [-0.1, -0.05) is 0 Å². The smallest absolute Gasteiger partial charge is 0.182 e. The first-order valence-electron chi connectivity index (χ1n) is 2.04. The highest BCUT2D eigenvalue weighted by atomic mass is 32.1. The first kappa shape index (κ1) is 4.80. The van der Waals surface area contributed by atoms with Crippen LogP contribution in [0.5, 0.6) is 0 Å². The molecule has 0 aliphatic carbocycles. The van der Waals surface area contributed by atoms with Crippen molar-refractivity contribution in [2.24, 2.45) is 0 Å². The van der Waals surface area contributed by atoms with E-state index in [9.17, 15) is 0 Å². The zero-order chi connectivity index (χ0) is 5.28. The van der Waals surface area contributed by atoms with Gasteiger partial charge in [0.05, 0.1) is 6.67 Å². The Balaban J connectivity index is 2.40. The molecule has 0 aromatic rings. The van der Waals surface area contributed by atoms with Crippen LogP contribution in [-0.4, -0.2) is 23.8 Å². The van der Waals surface area contributed by atoms with Gasteiger partial charge in [-0.25, -0.2) is 5.01 Å². The van der Waals surface area contributed by atoms with Gasteiger partial charge in [0.15, 0.2) is 5.11 Å². The molecule has 0 saturated carbocycles. The Kier molecular flexibility index (Phi) is 1.12. The van der Waals surface area contributed by atoms with Gasteiger partial charge in [0.2, 0.25) is 0 Å². The maximum absolute atomic E-state index is 4.73. The van der Waals surface area contributed by atoms with Crippen LogP contribution in [0.4, 0.5) is 0 Å². The molecule has 3 nitrogen and oxygen atoms in total. The minimum absolute atomic E-state index is 0.711. The SMILES string of the molecule is CN1CNC(=S)N1. The van der Waals surface area contributed by atoms with Crippen LogP contribution in [-0.2, 0) is 0 Å². The van der Waals surface area contributed by atoms with Crippen LogP contribution in [0.15, 0.2) is 0 Å². The Morgan fingerprint density at radius 3 is 2.71 bits per heavy atom. The lowest BCUT2D eigenvalue weighted by Gasteiger charge is -2.01. The zero-order valence-electron chi connectivity index (χ0n) is 4.06. The molecular weight excluding hydrogens is 110 g/mol. The van der Waals surface area contributed by atoms with Crippen LogP contribution in [0.25, 0.3) is 0 Å². The Labute approximate surface area is 47.7 Å². The summed E-state index contributed by atoms with van der Waals surface area (Å²) in [6.45, 7) is 0.804. The van der Waals surface area contributed by atoms with Gasteiger partial charge in [-0.2, -0.15) is 0 Å². The third-order valence-electron chi connectivity index (χ3n) is 0.769. The molecule has 0 spiro atoms. The van der Waals surface area contributed by atoms with Gasteiger partial charge in [0.25, 0.3) is 0 Å². The Bertz CT molecular complexity index is 92.2. The van der Waals surface area contributed by atoms with Crippen molar-refractivity contribution in [1.82, 2.24) is 15.8 Å². The number of rotatable bonds is 0. The third kappa shape index (κ3) is 1.01. The number of nitrogens with zero attached hydrogens (tertiary/aromatic N) is 1. The molecule has 7 heavy (non-hydrogen) atoms.